The van der Waals surface area contributed by atoms with Crippen LogP contribution in [0, 0.1) is 0 Å². The van der Waals surface area contributed by atoms with E-state index >= 15 is 0 Å². The van der Waals surface area contributed by atoms with Gasteiger partial charge in [-0.1, -0.05) is 12.1 Å². The minimum Gasteiger partial charge on any atom is -0.507 e. The zero-order chi connectivity index (χ0) is 11.7. The number of phenolic OH excluding ortho intramolecular Hbond substituents is 1. The van der Waals surface area contributed by atoms with E-state index in [4.69, 9.17) is 5.11 Å². The Labute approximate surface area is 90.2 Å². The van der Waals surface area contributed by atoms with Gasteiger partial charge in [-0.2, -0.15) is 0 Å². The monoisotopic (exact) mass is 222 g/mol. The highest BCUT2D eigenvalue weighted by Gasteiger charge is 2.15. The number of hydrogen-bond donors (Lipinski definition) is 3. The Morgan fingerprint density at radius 2 is 2.12 bits per heavy atom. The molecule has 1 aromatic carbocycles. The summed E-state index contributed by atoms with van der Waals surface area (Å²) in [5.41, 5.74) is -0.407. The Kier molecular flexibility index (Phi) is 2.64. The molecular formula is C11H10O5. The molecule has 3 N–H and O–H groups in total. The molecule has 2 rings (SSSR count). The molecule has 1 aromatic heterocycles. The van der Waals surface area contributed by atoms with E-state index in [0.717, 1.165) is 6.26 Å². The van der Waals surface area contributed by atoms with E-state index in [1.54, 1.807) is 12.1 Å². The second-order valence-electron chi connectivity index (χ2n) is 3.38. The van der Waals surface area contributed by atoms with E-state index < -0.39 is 18.3 Å². The maximum absolute atomic E-state index is 11.4. The van der Waals surface area contributed by atoms with Crippen molar-refractivity contribution in [2.24, 2.45) is 0 Å². The fourth-order valence-electron chi connectivity index (χ4n) is 1.59. The topological polar surface area (TPSA) is 90.9 Å². The Morgan fingerprint density at radius 1 is 1.38 bits per heavy atom. The predicted molar refractivity (Wildman–Crippen MR) is 56.2 cm³/mol. The summed E-state index contributed by atoms with van der Waals surface area (Å²) < 4.78 is 4.69. The van der Waals surface area contributed by atoms with Gasteiger partial charge in [-0.15, -0.1) is 0 Å². The fourth-order valence-corrected chi connectivity index (χ4v) is 1.59. The van der Waals surface area contributed by atoms with E-state index in [2.05, 4.69) is 4.42 Å². The zero-order valence-corrected chi connectivity index (χ0v) is 8.25. The minimum atomic E-state index is -1.14. The maximum atomic E-state index is 11.4. The number of rotatable bonds is 2. The van der Waals surface area contributed by atoms with Crippen LogP contribution in [0.5, 0.6) is 5.75 Å². The van der Waals surface area contributed by atoms with E-state index in [1.807, 2.05) is 0 Å². The highest BCUT2D eigenvalue weighted by molar-refractivity contribution is 5.89. The van der Waals surface area contributed by atoms with Gasteiger partial charge in [0.15, 0.2) is 0 Å². The average molecular weight is 222 g/mol. The van der Waals surface area contributed by atoms with Gasteiger partial charge in [0, 0.05) is 10.9 Å². The Morgan fingerprint density at radius 3 is 2.81 bits per heavy atom. The van der Waals surface area contributed by atoms with Crippen LogP contribution in [0.15, 0.2) is 33.7 Å². The van der Waals surface area contributed by atoms with Crippen LogP contribution in [-0.2, 0) is 0 Å². The van der Waals surface area contributed by atoms with E-state index in [1.165, 1.54) is 6.07 Å². The van der Waals surface area contributed by atoms with Gasteiger partial charge in [0.05, 0.1) is 6.61 Å². The largest absolute Gasteiger partial charge is 0.507 e. The number of phenols is 1. The molecule has 1 heterocycles. The summed E-state index contributed by atoms with van der Waals surface area (Å²) in [7, 11) is 0. The van der Waals surface area contributed by atoms with Crippen LogP contribution in [0.25, 0.3) is 10.8 Å². The molecular weight excluding hydrogens is 212 g/mol. The molecule has 1 atom stereocenters. The first-order valence-electron chi connectivity index (χ1n) is 4.67. The molecule has 2 aromatic rings. The molecule has 0 aliphatic rings. The Bertz CT molecular complexity index is 572. The smallest absolute Gasteiger partial charge is 0.347 e. The normalized spacial score (nSPS) is 12.9. The van der Waals surface area contributed by atoms with Gasteiger partial charge in [-0.25, -0.2) is 4.79 Å². The standard InChI is InChI=1S/C11H10O5/c12-4-9(14)7-5-16-11(15)10-6(7)2-1-3-8(10)13/h1-3,5,9,12-14H,4H2/t9-/m1/s1. The lowest BCUT2D eigenvalue weighted by Crippen LogP contribution is -2.07. The second kappa shape index (κ2) is 3.96. The van der Waals surface area contributed by atoms with E-state index in [0.29, 0.717) is 5.39 Å². The first kappa shape index (κ1) is 10.7. The molecule has 0 bridgehead atoms. The van der Waals surface area contributed by atoms with Crippen molar-refractivity contribution in [1.29, 1.82) is 0 Å². The van der Waals surface area contributed by atoms with Gasteiger partial charge in [-0.3, -0.25) is 0 Å². The van der Waals surface area contributed by atoms with Crippen LogP contribution >= 0.6 is 0 Å². The molecule has 5 nitrogen and oxygen atoms in total. The molecule has 5 heteroatoms. The van der Waals surface area contributed by atoms with Crippen molar-refractivity contribution < 1.29 is 19.7 Å². The van der Waals surface area contributed by atoms with Gasteiger partial charge >= 0.3 is 5.63 Å². The molecule has 0 saturated carbocycles. The first-order chi connectivity index (χ1) is 7.65. The fraction of sp³-hybridized carbons (Fsp3) is 0.182. The number of fused-ring (bicyclic) bond motifs is 1. The highest BCUT2D eigenvalue weighted by atomic mass is 16.4. The van der Waals surface area contributed by atoms with Gasteiger partial charge in [0.1, 0.15) is 23.5 Å². The third kappa shape index (κ3) is 1.56. The number of aromatic hydroxyl groups is 1. The van der Waals surface area contributed by atoms with Crippen LogP contribution in [-0.4, -0.2) is 21.9 Å². The quantitative estimate of drug-likeness (QED) is 0.689. The number of hydrogen-bond acceptors (Lipinski definition) is 5. The number of aliphatic hydroxyl groups excluding tert-OH is 2. The van der Waals surface area contributed by atoms with Crippen LogP contribution in [0.4, 0.5) is 0 Å². The summed E-state index contributed by atoms with van der Waals surface area (Å²) in [6.07, 6.45) is -0.0565. The predicted octanol–water partition coefficient (Wildman–Crippen LogP) is 0.524. The van der Waals surface area contributed by atoms with Gasteiger partial charge < -0.3 is 19.7 Å². The molecule has 84 valence electrons. The summed E-state index contributed by atoms with van der Waals surface area (Å²) in [5.74, 6) is -0.210. The third-order valence-corrected chi connectivity index (χ3v) is 2.38. The second-order valence-corrected chi connectivity index (χ2v) is 3.38. The zero-order valence-electron chi connectivity index (χ0n) is 8.25. The van der Waals surface area contributed by atoms with Crippen LogP contribution in [0.1, 0.15) is 11.7 Å². The maximum Gasteiger partial charge on any atom is 0.347 e. The van der Waals surface area contributed by atoms with Gasteiger partial charge in [0.2, 0.25) is 0 Å². The average Bonchev–Trinajstić information content (AvgIpc) is 2.28. The third-order valence-electron chi connectivity index (χ3n) is 2.38. The molecule has 0 radical (unpaired) electrons. The lowest BCUT2D eigenvalue weighted by molar-refractivity contribution is 0.0951. The highest BCUT2D eigenvalue weighted by Crippen LogP contribution is 2.27. The summed E-state index contributed by atoms with van der Waals surface area (Å²) in [6, 6.07) is 4.47. The molecule has 16 heavy (non-hydrogen) atoms. The number of aliphatic hydroxyl groups is 2. The minimum absolute atomic E-state index is 0.00694. The molecule has 0 amide bonds. The van der Waals surface area contributed by atoms with Crippen LogP contribution < -0.4 is 5.63 Å². The van der Waals surface area contributed by atoms with E-state index in [9.17, 15) is 15.0 Å². The molecule has 0 fully saturated rings. The van der Waals surface area contributed by atoms with Crippen molar-refractivity contribution in [1.82, 2.24) is 0 Å². The molecule has 0 aliphatic carbocycles. The van der Waals surface area contributed by atoms with Crippen molar-refractivity contribution in [2.75, 3.05) is 6.61 Å². The SMILES string of the molecule is O=c1occ([C@H](O)CO)c2cccc(O)c12. The lowest BCUT2D eigenvalue weighted by Gasteiger charge is -2.09. The number of benzene rings is 1. The summed E-state index contributed by atoms with van der Waals surface area (Å²) in [6.45, 7) is -0.488. The van der Waals surface area contributed by atoms with Crippen LogP contribution in [0.2, 0.25) is 0 Å². The Balaban J connectivity index is 2.84. The summed E-state index contributed by atoms with van der Waals surface area (Å²) in [4.78, 5) is 11.4. The van der Waals surface area contributed by atoms with Crippen molar-refractivity contribution >= 4 is 10.8 Å². The molecule has 0 aliphatic heterocycles. The van der Waals surface area contributed by atoms with E-state index in [-0.39, 0.29) is 16.7 Å². The van der Waals surface area contributed by atoms with Crippen LogP contribution in [0.3, 0.4) is 0 Å². The first-order valence-corrected chi connectivity index (χ1v) is 4.67. The molecule has 0 spiro atoms. The molecule has 0 saturated heterocycles. The van der Waals surface area contributed by atoms with Gasteiger partial charge in [-0.05, 0) is 6.07 Å². The van der Waals surface area contributed by atoms with Crippen molar-refractivity contribution in [3.63, 3.8) is 0 Å². The lowest BCUT2D eigenvalue weighted by atomic mass is 10.0. The molecule has 0 unspecified atom stereocenters. The van der Waals surface area contributed by atoms with Crippen molar-refractivity contribution in [2.45, 2.75) is 6.10 Å². The Hall–Kier alpha value is -1.85. The van der Waals surface area contributed by atoms with Gasteiger partial charge in [0.25, 0.3) is 0 Å². The summed E-state index contributed by atoms with van der Waals surface area (Å²) in [5, 5.41) is 28.3. The summed E-state index contributed by atoms with van der Waals surface area (Å²) >= 11 is 0. The van der Waals surface area contributed by atoms with Crippen molar-refractivity contribution in [3.8, 4) is 5.75 Å². The van der Waals surface area contributed by atoms with Crippen molar-refractivity contribution in [3.05, 3.63) is 40.4 Å².